The molecule has 2 saturated heterocycles. The van der Waals surface area contributed by atoms with Gasteiger partial charge < -0.3 is 40.4 Å². The third kappa shape index (κ3) is 4.27. The molecule has 0 bridgehead atoms. The van der Waals surface area contributed by atoms with Crippen LogP contribution in [0.25, 0.3) is 11.2 Å². The molecule has 0 radical (unpaired) electrons. The molecule has 178 valence electrons. The van der Waals surface area contributed by atoms with Gasteiger partial charge >= 0.3 is 10.4 Å². The van der Waals surface area contributed by atoms with E-state index >= 15 is 0 Å². The van der Waals surface area contributed by atoms with E-state index in [0.29, 0.717) is 0 Å². The molecule has 17 heteroatoms. The molecule has 32 heavy (non-hydrogen) atoms. The van der Waals surface area contributed by atoms with E-state index in [1.165, 1.54) is 17.2 Å². The first kappa shape index (κ1) is 23.1. The van der Waals surface area contributed by atoms with Crippen LogP contribution in [0.5, 0.6) is 0 Å². The van der Waals surface area contributed by atoms with Crippen LogP contribution in [0, 0.1) is 0 Å². The predicted octanol–water partition coefficient (Wildman–Crippen LogP) is -3.69. The molecule has 2 aromatic rings. The van der Waals surface area contributed by atoms with Crippen molar-refractivity contribution in [2.75, 3.05) is 18.9 Å². The molecule has 0 amide bonds. The molecule has 0 aromatic carbocycles. The van der Waals surface area contributed by atoms with Crippen molar-refractivity contribution in [3.63, 3.8) is 0 Å². The monoisotopic (exact) mass is 479 g/mol. The second-order valence-corrected chi connectivity index (χ2v) is 8.25. The van der Waals surface area contributed by atoms with Gasteiger partial charge in [-0.3, -0.25) is 9.12 Å². The van der Waals surface area contributed by atoms with Crippen LogP contribution >= 0.6 is 0 Å². The Hall–Kier alpha value is -2.06. The van der Waals surface area contributed by atoms with E-state index in [4.69, 9.17) is 24.5 Å². The lowest BCUT2D eigenvalue weighted by Crippen LogP contribution is -2.42. The summed E-state index contributed by atoms with van der Waals surface area (Å²) in [5, 5.41) is 40.1. The zero-order valence-corrected chi connectivity index (χ0v) is 17.0. The van der Waals surface area contributed by atoms with Gasteiger partial charge in [-0.2, -0.15) is 8.42 Å². The van der Waals surface area contributed by atoms with Crippen LogP contribution in [0.2, 0.25) is 0 Å². The van der Waals surface area contributed by atoms with Gasteiger partial charge in [-0.1, -0.05) is 0 Å². The molecule has 2 aliphatic heterocycles. The second-order valence-electron chi connectivity index (χ2n) is 7.16. The largest absolute Gasteiger partial charge is 0.397 e. The van der Waals surface area contributed by atoms with Crippen LogP contribution in [0.3, 0.4) is 0 Å². The summed E-state index contributed by atoms with van der Waals surface area (Å²) >= 11 is 0. The maximum atomic E-state index is 10.9. The molecular formula is C15H21N5O11S. The molecule has 0 aliphatic carbocycles. The topological polar surface area (TPSA) is 242 Å². The quantitative estimate of drug-likeness (QED) is 0.209. The van der Waals surface area contributed by atoms with Crippen LogP contribution in [0.4, 0.5) is 5.82 Å². The molecule has 4 heterocycles. The average molecular weight is 479 g/mol. The number of ether oxygens (including phenoxy) is 3. The normalized spacial score (nSPS) is 35.7. The molecule has 0 spiro atoms. The van der Waals surface area contributed by atoms with Gasteiger partial charge in [0.1, 0.15) is 48.5 Å². The van der Waals surface area contributed by atoms with Crippen molar-refractivity contribution in [2.24, 2.45) is 0 Å². The van der Waals surface area contributed by atoms with E-state index in [9.17, 15) is 28.8 Å². The number of rotatable bonds is 7. The van der Waals surface area contributed by atoms with Gasteiger partial charge in [0.15, 0.2) is 24.0 Å². The van der Waals surface area contributed by atoms with E-state index in [-0.39, 0.29) is 17.0 Å². The number of aliphatic hydroxyl groups excluding tert-OH is 4. The first-order valence-corrected chi connectivity index (χ1v) is 10.6. The second kappa shape index (κ2) is 8.71. The first-order chi connectivity index (χ1) is 15.1. The highest BCUT2D eigenvalue weighted by Crippen LogP contribution is 2.36. The summed E-state index contributed by atoms with van der Waals surface area (Å²) in [5.74, 6) is 0.0690. The Morgan fingerprint density at radius 1 is 1.09 bits per heavy atom. The Balaban J connectivity index is 1.64. The van der Waals surface area contributed by atoms with Crippen molar-refractivity contribution in [2.45, 2.75) is 49.1 Å². The van der Waals surface area contributed by atoms with Crippen molar-refractivity contribution < 1.29 is 51.8 Å². The number of nitrogens with two attached hydrogens (primary N) is 1. The van der Waals surface area contributed by atoms with Crippen LogP contribution in [0.1, 0.15) is 6.23 Å². The Morgan fingerprint density at radius 2 is 1.84 bits per heavy atom. The molecule has 7 N–H and O–H groups in total. The number of aromatic nitrogens is 4. The number of hydrogen-bond donors (Lipinski definition) is 6. The van der Waals surface area contributed by atoms with Gasteiger partial charge in [0.2, 0.25) is 0 Å². The summed E-state index contributed by atoms with van der Waals surface area (Å²) in [6.45, 7) is -1.37. The summed E-state index contributed by atoms with van der Waals surface area (Å²) < 4.78 is 53.0. The number of nitrogens with zero attached hydrogens (tertiary/aromatic N) is 4. The number of nitrogen functional groups attached to an aromatic ring is 1. The SMILES string of the molecule is Nc1ncnc2c1ncn2[C@@H]1O[C@H](COS(=O)(=O)O)[C@@H](O)[C@H]1OC1O[C@H](CO)[C@@H](O)[C@H]1O. The standard InChI is InChI=1S/C15H21N5O11S/c16-12-7-13(18-3-17-12)20(4-19-7)14-11(9(23)6(29-14)2-28-32(25,26)27)31-15-10(24)8(22)5(1-21)30-15/h3-6,8-11,14-15,21-24H,1-2H2,(H2,16,17,18)(H,25,26,27)/t5-,6-,8-,9-,10-,11-,14-,15?/m1/s1. The zero-order chi connectivity index (χ0) is 23.2. The van der Waals surface area contributed by atoms with E-state index in [1.807, 2.05) is 0 Å². The summed E-state index contributed by atoms with van der Waals surface area (Å²) in [7, 11) is -4.83. The van der Waals surface area contributed by atoms with Crippen molar-refractivity contribution in [1.82, 2.24) is 19.5 Å². The van der Waals surface area contributed by atoms with E-state index in [1.54, 1.807) is 0 Å². The Bertz CT molecular complexity index is 1070. The van der Waals surface area contributed by atoms with Gasteiger partial charge in [0.05, 0.1) is 19.5 Å². The minimum atomic E-state index is -4.83. The summed E-state index contributed by atoms with van der Waals surface area (Å²) in [6.07, 6.45) is -8.59. The van der Waals surface area contributed by atoms with E-state index in [0.717, 1.165) is 0 Å². The fourth-order valence-electron chi connectivity index (χ4n) is 3.57. The predicted molar refractivity (Wildman–Crippen MR) is 99.8 cm³/mol. The van der Waals surface area contributed by atoms with E-state index in [2.05, 4.69) is 19.1 Å². The van der Waals surface area contributed by atoms with Crippen LogP contribution in [-0.2, 0) is 28.8 Å². The molecule has 0 saturated carbocycles. The lowest BCUT2D eigenvalue weighted by Gasteiger charge is -2.26. The van der Waals surface area contributed by atoms with Crippen molar-refractivity contribution in [1.29, 1.82) is 0 Å². The number of fused-ring (bicyclic) bond motifs is 1. The molecule has 2 fully saturated rings. The number of anilines is 1. The summed E-state index contributed by atoms with van der Waals surface area (Å²) in [5.41, 5.74) is 6.19. The molecule has 2 aliphatic rings. The fourth-order valence-corrected chi connectivity index (χ4v) is 3.87. The first-order valence-electron chi connectivity index (χ1n) is 9.27. The minimum Gasteiger partial charge on any atom is -0.394 e. The zero-order valence-electron chi connectivity index (χ0n) is 16.1. The number of imidazole rings is 1. The van der Waals surface area contributed by atoms with Crippen molar-refractivity contribution >= 4 is 27.4 Å². The highest BCUT2D eigenvalue weighted by Gasteiger charge is 2.51. The molecule has 1 unspecified atom stereocenters. The van der Waals surface area contributed by atoms with Gasteiger partial charge in [-0.15, -0.1) is 0 Å². The Labute approximate surface area is 180 Å². The summed E-state index contributed by atoms with van der Waals surface area (Å²) in [4.78, 5) is 12.0. The minimum absolute atomic E-state index is 0.0690. The third-order valence-corrected chi connectivity index (χ3v) is 5.58. The number of aliphatic hydroxyl groups is 4. The molecule has 16 nitrogen and oxygen atoms in total. The van der Waals surface area contributed by atoms with Crippen molar-refractivity contribution in [3.8, 4) is 0 Å². The smallest absolute Gasteiger partial charge is 0.394 e. The fraction of sp³-hybridized carbons (Fsp3) is 0.667. The van der Waals surface area contributed by atoms with Gasteiger partial charge in [-0.05, 0) is 0 Å². The highest BCUT2D eigenvalue weighted by atomic mass is 32.3. The maximum Gasteiger partial charge on any atom is 0.397 e. The lowest BCUT2D eigenvalue weighted by atomic mass is 10.1. The molecule has 4 rings (SSSR count). The Morgan fingerprint density at radius 3 is 2.50 bits per heavy atom. The van der Waals surface area contributed by atoms with Crippen LogP contribution in [-0.4, -0.2) is 109 Å². The third-order valence-electron chi connectivity index (χ3n) is 5.15. The summed E-state index contributed by atoms with van der Waals surface area (Å²) in [6, 6.07) is 0. The highest BCUT2D eigenvalue weighted by molar-refractivity contribution is 7.80. The molecule has 2 aromatic heterocycles. The van der Waals surface area contributed by atoms with Gasteiger partial charge in [0, 0.05) is 0 Å². The Kier molecular flexibility index (Phi) is 6.29. The maximum absolute atomic E-state index is 10.9. The van der Waals surface area contributed by atoms with E-state index < -0.39 is 72.8 Å². The van der Waals surface area contributed by atoms with Gasteiger partial charge in [-0.25, -0.2) is 19.1 Å². The van der Waals surface area contributed by atoms with Gasteiger partial charge in [0.25, 0.3) is 0 Å². The van der Waals surface area contributed by atoms with Crippen molar-refractivity contribution in [3.05, 3.63) is 12.7 Å². The number of hydrogen-bond acceptors (Lipinski definition) is 14. The van der Waals surface area contributed by atoms with Crippen LogP contribution in [0.15, 0.2) is 12.7 Å². The molecular weight excluding hydrogens is 458 g/mol. The lowest BCUT2D eigenvalue weighted by molar-refractivity contribution is -0.219. The van der Waals surface area contributed by atoms with Crippen LogP contribution < -0.4 is 5.73 Å². The average Bonchev–Trinajstić information content (AvgIpc) is 3.38. The molecule has 8 atom stereocenters.